The summed E-state index contributed by atoms with van der Waals surface area (Å²) < 4.78 is 69.0. The van der Waals surface area contributed by atoms with E-state index in [9.17, 15) is 26.7 Å². The van der Waals surface area contributed by atoms with Gasteiger partial charge < -0.3 is 10.6 Å². The van der Waals surface area contributed by atoms with Gasteiger partial charge >= 0.3 is 12.0 Å². The molecule has 0 spiro atoms. The number of nitrogens with two attached hydrogens (primary N) is 1. The van der Waals surface area contributed by atoms with Crippen molar-refractivity contribution in [3.05, 3.63) is 66.0 Å². The summed E-state index contributed by atoms with van der Waals surface area (Å²) >= 11 is 0. The second-order valence-electron chi connectivity index (χ2n) is 7.14. The molecule has 1 aromatic carbocycles. The smallest absolute Gasteiger partial charge is 0.323 e. The summed E-state index contributed by atoms with van der Waals surface area (Å²) in [5, 5.41) is 2.40. The van der Waals surface area contributed by atoms with Gasteiger partial charge in [-0.25, -0.2) is 32.9 Å². The van der Waals surface area contributed by atoms with E-state index in [1.807, 2.05) is 0 Å². The average Bonchev–Trinajstić information content (AvgIpc) is 2.69. The van der Waals surface area contributed by atoms with Crippen molar-refractivity contribution in [3.63, 3.8) is 0 Å². The van der Waals surface area contributed by atoms with Crippen molar-refractivity contribution in [3.8, 4) is 11.3 Å². The molecule has 0 unspecified atom stereocenters. The number of halogens is 5. The molecule has 0 aliphatic carbocycles. The monoisotopic (exact) mass is 450 g/mol. The van der Waals surface area contributed by atoms with Crippen LogP contribution in [0.4, 0.5) is 38.3 Å². The molecular weight excluding hydrogens is 435 g/mol. The summed E-state index contributed by atoms with van der Waals surface area (Å²) in [5.74, 6) is -8.10. The van der Waals surface area contributed by atoms with E-state index in [0.717, 1.165) is 11.0 Å². The summed E-state index contributed by atoms with van der Waals surface area (Å²) in [6.07, 6.45) is 1.29. The zero-order valence-electron chi connectivity index (χ0n) is 16.2. The molecule has 1 fully saturated rings. The van der Waals surface area contributed by atoms with Crippen LogP contribution in [0.5, 0.6) is 0 Å². The lowest BCUT2D eigenvalue weighted by Gasteiger charge is -2.42. The molecule has 0 atom stereocenters. The fourth-order valence-corrected chi connectivity index (χ4v) is 3.14. The maximum atomic E-state index is 14.5. The number of amides is 2. The topological polar surface area (TPSA) is 97.0 Å². The quantitative estimate of drug-likeness (QED) is 0.590. The van der Waals surface area contributed by atoms with Crippen molar-refractivity contribution in [2.24, 2.45) is 5.92 Å². The molecule has 12 heteroatoms. The van der Waals surface area contributed by atoms with Gasteiger partial charge in [-0.2, -0.15) is 8.78 Å². The van der Waals surface area contributed by atoms with Crippen LogP contribution in [0.25, 0.3) is 11.3 Å². The van der Waals surface area contributed by atoms with Crippen LogP contribution in [0.1, 0.15) is 5.82 Å². The van der Waals surface area contributed by atoms with Gasteiger partial charge in [0, 0.05) is 24.7 Å². The van der Waals surface area contributed by atoms with Crippen molar-refractivity contribution < 1.29 is 26.7 Å². The number of hydrogen-bond donors (Lipinski definition) is 2. The molecule has 7 nitrogen and oxygen atoms in total. The normalized spacial score (nSPS) is 14.2. The SMILES string of the molecule is Nc1ccc(-c2ccc(F)cc2F)nc1NC(=O)N1CC(C(F)(F)c2ncc(F)cn2)C1. The molecule has 0 saturated carbocycles. The Morgan fingerprint density at radius 1 is 1.06 bits per heavy atom. The molecule has 1 aliphatic rings. The zero-order chi connectivity index (χ0) is 23.0. The Morgan fingerprint density at radius 2 is 1.75 bits per heavy atom. The van der Waals surface area contributed by atoms with Gasteiger partial charge in [-0.15, -0.1) is 0 Å². The first kappa shape index (κ1) is 21.4. The summed E-state index contributed by atoms with van der Waals surface area (Å²) in [4.78, 5) is 24.2. The lowest BCUT2D eigenvalue weighted by molar-refractivity contribution is -0.117. The van der Waals surface area contributed by atoms with Gasteiger partial charge in [0.2, 0.25) is 0 Å². The Bertz CT molecular complexity index is 1170. The fraction of sp³-hybridized carbons (Fsp3) is 0.200. The van der Waals surface area contributed by atoms with Crippen LogP contribution >= 0.6 is 0 Å². The molecule has 3 aromatic rings. The zero-order valence-corrected chi connectivity index (χ0v) is 16.2. The van der Waals surface area contributed by atoms with Gasteiger partial charge in [-0.1, -0.05) is 0 Å². The second kappa shape index (κ2) is 8.02. The van der Waals surface area contributed by atoms with Crippen LogP contribution < -0.4 is 11.1 Å². The lowest BCUT2D eigenvalue weighted by Crippen LogP contribution is -2.57. The first-order valence-corrected chi connectivity index (χ1v) is 9.29. The van der Waals surface area contributed by atoms with Crippen molar-refractivity contribution in [2.45, 2.75) is 5.92 Å². The lowest BCUT2D eigenvalue weighted by atomic mass is 9.92. The minimum absolute atomic E-state index is 0.00940. The van der Waals surface area contributed by atoms with Crippen LogP contribution in [-0.4, -0.2) is 39.0 Å². The molecule has 2 amide bonds. The van der Waals surface area contributed by atoms with Gasteiger partial charge in [0.15, 0.2) is 17.5 Å². The Labute approximate surface area is 178 Å². The summed E-state index contributed by atoms with van der Waals surface area (Å²) in [6, 6.07) is 4.96. The molecule has 1 aliphatic heterocycles. The molecule has 2 aromatic heterocycles. The number of alkyl halides is 2. The number of carbonyl (C=O) groups is 1. The van der Waals surface area contributed by atoms with Crippen LogP contribution in [0.15, 0.2) is 42.7 Å². The number of anilines is 2. The highest BCUT2D eigenvalue weighted by Crippen LogP contribution is 2.39. The van der Waals surface area contributed by atoms with Crippen molar-refractivity contribution >= 4 is 17.5 Å². The molecule has 0 bridgehead atoms. The highest BCUT2D eigenvalue weighted by atomic mass is 19.3. The number of urea groups is 1. The van der Waals surface area contributed by atoms with E-state index in [0.29, 0.717) is 18.5 Å². The highest BCUT2D eigenvalue weighted by Gasteiger charge is 2.51. The van der Waals surface area contributed by atoms with E-state index in [1.54, 1.807) is 0 Å². The summed E-state index contributed by atoms with van der Waals surface area (Å²) in [6.45, 7) is -0.627. The number of likely N-dealkylation sites (tertiary alicyclic amines) is 1. The van der Waals surface area contributed by atoms with Crippen molar-refractivity contribution in [1.29, 1.82) is 0 Å². The third-order valence-electron chi connectivity index (χ3n) is 4.96. The summed E-state index contributed by atoms with van der Waals surface area (Å²) in [7, 11) is 0. The number of carbonyl (C=O) groups excluding carboxylic acids is 1. The molecule has 0 radical (unpaired) electrons. The molecule has 3 heterocycles. The predicted molar refractivity (Wildman–Crippen MR) is 104 cm³/mol. The number of nitrogens with one attached hydrogen (secondary N) is 1. The van der Waals surface area contributed by atoms with E-state index in [-0.39, 0.29) is 35.9 Å². The molecule has 166 valence electrons. The third kappa shape index (κ3) is 4.03. The average molecular weight is 450 g/mol. The minimum Gasteiger partial charge on any atom is -0.396 e. The maximum Gasteiger partial charge on any atom is 0.323 e. The van der Waals surface area contributed by atoms with Crippen LogP contribution in [0.2, 0.25) is 0 Å². The van der Waals surface area contributed by atoms with Crippen molar-refractivity contribution in [2.75, 3.05) is 24.1 Å². The first-order valence-electron chi connectivity index (χ1n) is 9.29. The van der Waals surface area contributed by atoms with E-state index < -0.39 is 41.1 Å². The Morgan fingerprint density at radius 3 is 2.41 bits per heavy atom. The van der Waals surface area contributed by atoms with Gasteiger partial charge in [-0.3, -0.25) is 5.32 Å². The number of nitrogen functional groups attached to an aromatic ring is 1. The Hall–Kier alpha value is -3.83. The number of rotatable bonds is 4. The standard InChI is InChI=1S/C20H15F5N6O/c21-11-1-2-13(14(23)5-11)16-4-3-15(26)17(29-16)30-19(32)31-8-10(9-31)20(24,25)18-27-6-12(22)7-28-18/h1-7,10H,8-9,26H2,(H,29,30,32). The predicted octanol–water partition coefficient (Wildman–Crippen LogP) is 3.79. The number of pyridine rings is 1. The van der Waals surface area contributed by atoms with Crippen molar-refractivity contribution in [1.82, 2.24) is 19.9 Å². The summed E-state index contributed by atoms with van der Waals surface area (Å²) in [5.41, 5.74) is 5.95. The number of hydrogen-bond acceptors (Lipinski definition) is 5. The van der Waals surface area contributed by atoms with E-state index >= 15 is 0 Å². The van der Waals surface area contributed by atoms with Crippen LogP contribution in [0, 0.1) is 23.4 Å². The number of aromatic nitrogens is 3. The van der Waals surface area contributed by atoms with Gasteiger partial charge in [0.1, 0.15) is 11.6 Å². The molecule has 1 saturated heterocycles. The van der Waals surface area contributed by atoms with Gasteiger partial charge in [0.05, 0.1) is 29.7 Å². The molecule has 32 heavy (non-hydrogen) atoms. The van der Waals surface area contributed by atoms with Crippen LogP contribution in [-0.2, 0) is 5.92 Å². The maximum absolute atomic E-state index is 14.5. The third-order valence-corrected chi connectivity index (χ3v) is 4.96. The Balaban J connectivity index is 1.44. The van der Waals surface area contributed by atoms with Crippen LogP contribution in [0.3, 0.4) is 0 Å². The van der Waals surface area contributed by atoms with E-state index in [2.05, 4.69) is 20.3 Å². The molecule has 3 N–H and O–H groups in total. The Kier molecular flexibility index (Phi) is 5.36. The second-order valence-corrected chi connectivity index (χ2v) is 7.14. The largest absolute Gasteiger partial charge is 0.396 e. The van der Waals surface area contributed by atoms with E-state index in [1.165, 1.54) is 18.2 Å². The molecular formula is C20H15F5N6O. The van der Waals surface area contributed by atoms with Gasteiger partial charge in [-0.05, 0) is 24.3 Å². The van der Waals surface area contributed by atoms with E-state index in [4.69, 9.17) is 5.73 Å². The number of nitrogens with zero attached hydrogens (tertiary/aromatic N) is 4. The fourth-order valence-electron chi connectivity index (χ4n) is 3.14. The first-order chi connectivity index (χ1) is 15.1. The van der Waals surface area contributed by atoms with Gasteiger partial charge in [0.25, 0.3) is 0 Å². The number of benzene rings is 1. The highest BCUT2D eigenvalue weighted by molar-refractivity contribution is 5.92. The molecule has 4 rings (SSSR count). The minimum atomic E-state index is -3.46.